The average Bonchev–Trinajstić information content (AvgIpc) is 2.91. The Labute approximate surface area is 109 Å². The van der Waals surface area contributed by atoms with Gasteiger partial charge < -0.3 is 10.2 Å². The van der Waals surface area contributed by atoms with Crippen molar-refractivity contribution in [2.24, 2.45) is 5.92 Å². The smallest absolute Gasteiger partial charge is 0.0221 e. The average molecular weight is 252 g/mol. The normalized spacial score (nSPS) is 26.6. The molecular weight excluding hydrogens is 228 g/mol. The van der Waals surface area contributed by atoms with Crippen molar-refractivity contribution in [3.63, 3.8) is 0 Å². The highest BCUT2D eigenvalue weighted by Crippen LogP contribution is 2.18. The first-order chi connectivity index (χ1) is 8.16. The SMILES string of the molecule is CC1CCNC1CN(C)C(C)Cc1cccs1. The maximum Gasteiger partial charge on any atom is 0.0221 e. The number of thiophene rings is 1. The van der Waals surface area contributed by atoms with Crippen molar-refractivity contribution >= 4 is 11.3 Å². The Kier molecular flexibility index (Phi) is 4.60. The first-order valence-electron chi connectivity index (χ1n) is 6.63. The van der Waals surface area contributed by atoms with Crippen LogP contribution in [0.25, 0.3) is 0 Å². The van der Waals surface area contributed by atoms with Crippen LogP contribution in [0, 0.1) is 5.92 Å². The van der Waals surface area contributed by atoms with Gasteiger partial charge in [0.25, 0.3) is 0 Å². The fourth-order valence-corrected chi connectivity index (χ4v) is 3.34. The lowest BCUT2D eigenvalue weighted by Gasteiger charge is -2.29. The van der Waals surface area contributed by atoms with Crippen LogP contribution in [0.1, 0.15) is 25.1 Å². The Balaban J connectivity index is 1.80. The minimum atomic E-state index is 0.628. The molecule has 0 bridgehead atoms. The summed E-state index contributed by atoms with van der Waals surface area (Å²) in [5, 5.41) is 5.78. The summed E-state index contributed by atoms with van der Waals surface area (Å²) in [5.41, 5.74) is 0. The molecule has 17 heavy (non-hydrogen) atoms. The molecule has 3 heteroatoms. The molecule has 3 atom stereocenters. The van der Waals surface area contributed by atoms with E-state index in [0.717, 1.165) is 5.92 Å². The second kappa shape index (κ2) is 5.98. The quantitative estimate of drug-likeness (QED) is 0.866. The molecule has 3 unspecified atom stereocenters. The van der Waals surface area contributed by atoms with Crippen LogP contribution in [0.3, 0.4) is 0 Å². The molecule has 0 amide bonds. The third-order valence-corrected chi connectivity index (χ3v) is 4.91. The number of nitrogens with zero attached hydrogens (tertiary/aromatic N) is 1. The number of rotatable bonds is 5. The van der Waals surface area contributed by atoms with Crippen molar-refractivity contribution in [2.75, 3.05) is 20.1 Å². The van der Waals surface area contributed by atoms with E-state index < -0.39 is 0 Å². The summed E-state index contributed by atoms with van der Waals surface area (Å²) >= 11 is 1.87. The highest BCUT2D eigenvalue weighted by molar-refractivity contribution is 7.09. The van der Waals surface area contributed by atoms with Crippen LogP contribution in [-0.2, 0) is 6.42 Å². The molecular formula is C14H24N2S. The molecule has 2 heterocycles. The van der Waals surface area contributed by atoms with E-state index in [1.807, 2.05) is 11.3 Å². The summed E-state index contributed by atoms with van der Waals surface area (Å²) in [4.78, 5) is 4.00. The van der Waals surface area contributed by atoms with E-state index in [2.05, 4.69) is 48.6 Å². The van der Waals surface area contributed by atoms with Crippen molar-refractivity contribution in [2.45, 2.75) is 38.8 Å². The van der Waals surface area contributed by atoms with Crippen LogP contribution in [0.2, 0.25) is 0 Å². The van der Waals surface area contributed by atoms with E-state index >= 15 is 0 Å². The van der Waals surface area contributed by atoms with Gasteiger partial charge in [-0.3, -0.25) is 0 Å². The van der Waals surface area contributed by atoms with Gasteiger partial charge in [-0.1, -0.05) is 13.0 Å². The van der Waals surface area contributed by atoms with Crippen LogP contribution in [0.4, 0.5) is 0 Å². The monoisotopic (exact) mass is 252 g/mol. The molecule has 1 N–H and O–H groups in total. The Morgan fingerprint density at radius 3 is 3.00 bits per heavy atom. The zero-order chi connectivity index (χ0) is 12.3. The predicted molar refractivity (Wildman–Crippen MR) is 75.7 cm³/mol. The number of hydrogen-bond donors (Lipinski definition) is 1. The molecule has 1 saturated heterocycles. The number of hydrogen-bond acceptors (Lipinski definition) is 3. The molecule has 2 nitrogen and oxygen atoms in total. The predicted octanol–water partition coefficient (Wildman–Crippen LogP) is 2.61. The maximum atomic E-state index is 3.61. The lowest BCUT2D eigenvalue weighted by atomic mass is 10.0. The highest BCUT2D eigenvalue weighted by atomic mass is 32.1. The molecule has 0 spiro atoms. The van der Waals surface area contributed by atoms with Gasteiger partial charge >= 0.3 is 0 Å². The molecule has 96 valence electrons. The van der Waals surface area contributed by atoms with Crippen molar-refractivity contribution in [3.8, 4) is 0 Å². The zero-order valence-corrected chi connectivity index (χ0v) is 12.0. The first kappa shape index (κ1) is 13.1. The van der Waals surface area contributed by atoms with Crippen LogP contribution >= 0.6 is 11.3 Å². The molecule has 0 radical (unpaired) electrons. The zero-order valence-electron chi connectivity index (χ0n) is 11.1. The van der Waals surface area contributed by atoms with Crippen molar-refractivity contribution in [1.29, 1.82) is 0 Å². The van der Waals surface area contributed by atoms with E-state index in [4.69, 9.17) is 0 Å². The third kappa shape index (κ3) is 3.54. The van der Waals surface area contributed by atoms with Crippen LogP contribution in [0.5, 0.6) is 0 Å². The second-order valence-electron chi connectivity index (χ2n) is 5.40. The van der Waals surface area contributed by atoms with E-state index in [1.165, 1.54) is 30.8 Å². The van der Waals surface area contributed by atoms with Gasteiger partial charge in [0.1, 0.15) is 0 Å². The molecule has 1 aliphatic heterocycles. The Morgan fingerprint density at radius 1 is 1.59 bits per heavy atom. The standard InChI is InChI=1S/C14H24N2S/c1-11-6-7-15-14(11)10-16(3)12(2)9-13-5-4-8-17-13/h4-5,8,11-12,14-15H,6-7,9-10H2,1-3H3. The fraction of sp³-hybridized carbons (Fsp3) is 0.714. The van der Waals surface area contributed by atoms with Crippen molar-refractivity contribution in [1.82, 2.24) is 10.2 Å². The van der Waals surface area contributed by atoms with Gasteiger partial charge in [-0.25, -0.2) is 0 Å². The van der Waals surface area contributed by atoms with Gasteiger partial charge in [0.05, 0.1) is 0 Å². The first-order valence-corrected chi connectivity index (χ1v) is 7.51. The lowest BCUT2D eigenvalue weighted by Crippen LogP contribution is -2.42. The molecule has 0 aliphatic carbocycles. The maximum absolute atomic E-state index is 3.61. The van der Waals surface area contributed by atoms with Gasteiger partial charge in [0, 0.05) is 23.5 Å². The Hall–Kier alpha value is -0.380. The second-order valence-corrected chi connectivity index (χ2v) is 6.43. The molecule has 1 aliphatic rings. The summed E-state index contributed by atoms with van der Waals surface area (Å²) in [6.07, 6.45) is 2.51. The van der Waals surface area contributed by atoms with E-state index in [9.17, 15) is 0 Å². The van der Waals surface area contributed by atoms with Gasteiger partial charge in [0.2, 0.25) is 0 Å². The number of likely N-dealkylation sites (N-methyl/N-ethyl adjacent to an activating group) is 1. The van der Waals surface area contributed by atoms with Crippen molar-refractivity contribution in [3.05, 3.63) is 22.4 Å². The van der Waals surface area contributed by atoms with E-state index in [1.54, 1.807) is 0 Å². The number of nitrogens with one attached hydrogen (secondary N) is 1. The van der Waals surface area contributed by atoms with Crippen molar-refractivity contribution < 1.29 is 0 Å². The highest BCUT2D eigenvalue weighted by Gasteiger charge is 2.25. The summed E-state index contributed by atoms with van der Waals surface area (Å²) in [5.74, 6) is 0.825. The molecule has 1 aromatic heterocycles. The topological polar surface area (TPSA) is 15.3 Å². The van der Waals surface area contributed by atoms with Gasteiger partial charge in [-0.2, -0.15) is 0 Å². The molecule has 0 saturated carbocycles. The molecule has 1 aromatic rings. The van der Waals surface area contributed by atoms with E-state index in [0.29, 0.717) is 12.1 Å². The summed E-state index contributed by atoms with van der Waals surface area (Å²) in [6, 6.07) is 5.70. The van der Waals surface area contributed by atoms with Crippen LogP contribution < -0.4 is 5.32 Å². The van der Waals surface area contributed by atoms with Gasteiger partial charge in [-0.05, 0) is 50.7 Å². The summed E-state index contributed by atoms with van der Waals surface area (Å²) < 4.78 is 0. The molecule has 2 rings (SSSR count). The largest absolute Gasteiger partial charge is 0.312 e. The Bertz CT molecular complexity index is 323. The van der Waals surface area contributed by atoms with Crippen LogP contribution in [0.15, 0.2) is 17.5 Å². The lowest BCUT2D eigenvalue weighted by molar-refractivity contribution is 0.221. The molecule has 1 fully saturated rings. The Morgan fingerprint density at radius 2 is 2.41 bits per heavy atom. The molecule has 0 aromatic carbocycles. The minimum absolute atomic E-state index is 0.628. The third-order valence-electron chi connectivity index (χ3n) is 4.01. The fourth-order valence-electron chi connectivity index (χ4n) is 2.51. The van der Waals surface area contributed by atoms with Crippen LogP contribution in [-0.4, -0.2) is 37.1 Å². The summed E-state index contributed by atoms with van der Waals surface area (Å²) in [7, 11) is 2.25. The summed E-state index contributed by atoms with van der Waals surface area (Å²) in [6.45, 7) is 7.06. The van der Waals surface area contributed by atoms with Gasteiger partial charge in [-0.15, -0.1) is 11.3 Å². The van der Waals surface area contributed by atoms with E-state index in [-0.39, 0.29) is 0 Å². The minimum Gasteiger partial charge on any atom is -0.312 e. The van der Waals surface area contributed by atoms with Gasteiger partial charge in [0.15, 0.2) is 0 Å².